The van der Waals surface area contributed by atoms with Crippen LogP contribution in [0, 0.1) is 0 Å². The highest BCUT2D eigenvalue weighted by Gasteiger charge is 2.13. The maximum atomic E-state index is 11.5. The highest BCUT2D eigenvalue weighted by molar-refractivity contribution is 5.91. The molecule has 2 aromatic carbocycles. The Hall–Kier alpha value is -2.03. The van der Waals surface area contributed by atoms with Gasteiger partial charge in [-0.05, 0) is 16.9 Å². The summed E-state index contributed by atoms with van der Waals surface area (Å²) in [7, 11) is 3.02. The van der Waals surface area contributed by atoms with Gasteiger partial charge < -0.3 is 9.47 Å². The monoisotopic (exact) mass is 272 g/mol. The van der Waals surface area contributed by atoms with E-state index in [1.54, 1.807) is 7.11 Å². The fourth-order valence-corrected chi connectivity index (χ4v) is 2.33. The van der Waals surface area contributed by atoms with Gasteiger partial charge in [0.15, 0.2) is 0 Å². The van der Waals surface area contributed by atoms with Gasteiger partial charge in [0.25, 0.3) is 0 Å². The lowest BCUT2D eigenvalue weighted by Crippen LogP contribution is -2.06. The van der Waals surface area contributed by atoms with Crippen LogP contribution in [0.15, 0.2) is 30.3 Å². The van der Waals surface area contributed by atoms with Gasteiger partial charge in [0.05, 0.1) is 20.6 Å². The zero-order valence-electron chi connectivity index (χ0n) is 12.4. The normalized spacial score (nSPS) is 10.8. The van der Waals surface area contributed by atoms with Gasteiger partial charge in [-0.1, -0.05) is 44.2 Å². The minimum Gasteiger partial charge on any atom is -0.496 e. The fraction of sp³-hybridized carbons (Fsp3) is 0.353. The second-order valence-corrected chi connectivity index (χ2v) is 5.15. The zero-order chi connectivity index (χ0) is 14.7. The summed E-state index contributed by atoms with van der Waals surface area (Å²) in [5, 5.41) is 2.15. The van der Waals surface area contributed by atoms with Gasteiger partial charge in [0.1, 0.15) is 5.75 Å². The summed E-state index contributed by atoms with van der Waals surface area (Å²) in [4.78, 5) is 11.5. The number of hydrogen-bond donors (Lipinski definition) is 0. The van der Waals surface area contributed by atoms with Crippen molar-refractivity contribution in [3.05, 3.63) is 41.5 Å². The standard InChI is InChI=1S/C17H20O3/c1-11(2)12-7-8-15-13(9-12)5-6-14(17(15)20-4)10-16(18)19-3/h5-9,11H,10H2,1-4H3. The van der Waals surface area contributed by atoms with Crippen LogP contribution in [0.25, 0.3) is 10.8 Å². The number of benzene rings is 2. The first kappa shape index (κ1) is 14.4. The molecular weight excluding hydrogens is 252 g/mol. The highest BCUT2D eigenvalue weighted by Crippen LogP contribution is 2.32. The largest absolute Gasteiger partial charge is 0.496 e. The molecule has 0 aliphatic rings. The summed E-state index contributed by atoms with van der Waals surface area (Å²) in [5.41, 5.74) is 2.14. The topological polar surface area (TPSA) is 35.5 Å². The molecule has 0 bridgehead atoms. The van der Waals surface area contributed by atoms with E-state index < -0.39 is 0 Å². The van der Waals surface area contributed by atoms with Crippen LogP contribution in [-0.2, 0) is 16.0 Å². The molecule has 20 heavy (non-hydrogen) atoms. The van der Waals surface area contributed by atoms with Gasteiger partial charge >= 0.3 is 5.97 Å². The minimum absolute atomic E-state index is 0.224. The molecule has 3 nitrogen and oxygen atoms in total. The van der Waals surface area contributed by atoms with Crippen LogP contribution in [0.5, 0.6) is 5.75 Å². The van der Waals surface area contributed by atoms with Crippen molar-refractivity contribution in [2.75, 3.05) is 14.2 Å². The molecule has 0 spiro atoms. The first-order valence-corrected chi connectivity index (χ1v) is 6.73. The number of carbonyl (C=O) groups is 1. The summed E-state index contributed by atoms with van der Waals surface area (Å²) in [6.07, 6.45) is 0.224. The van der Waals surface area contributed by atoms with E-state index in [1.165, 1.54) is 12.7 Å². The van der Waals surface area contributed by atoms with E-state index in [1.807, 2.05) is 12.1 Å². The molecule has 0 aliphatic carbocycles. The first-order valence-electron chi connectivity index (χ1n) is 6.73. The molecule has 0 atom stereocenters. The van der Waals surface area contributed by atoms with Crippen molar-refractivity contribution in [2.45, 2.75) is 26.2 Å². The molecule has 0 saturated heterocycles. The molecule has 0 N–H and O–H groups in total. The van der Waals surface area contributed by atoms with Gasteiger partial charge in [0, 0.05) is 10.9 Å². The van der Waals surface area contributed by atoms with Gasteiger partial charge in [-0.25, -0.2) is 0 Å². The number of esters is 1. The Labute approximate surface area is 119 Å². The lowest BCUT2D eigenvalue weighted by atomic mass is 9.97. The minimum atomic E-state index is -0.263. The van der Waals surface area contributed by atoms with Crippen molar-refractivity contribution in [1.82, 2.24) is 0 Å². The quantitative estimate of drug-likeness (QED) is 0.796. The van der Waals surface area contributed by atoms with E-state index in [4.69, 9.17) is 9.47 Å². The summed E-state index contributed by atoms with van der Waals surface area (Å²) in [6, 6.07) is 10.3. The Morgan fingerprint density at radius 1 is 1.15 bits per heavy atom. The Bertz CT molecular complexity index is 629. The second kappa shape index (κ2) is 5.95. The zero-order valence-corrected chi connectivity index (χ0v) is 12.4. The molecule has 0 saturated carbocycles. The van der Waals surface area contributed by atoms with Crippen LogP contribution >= 0.6 is 0 Å². The van der Waals surface area contributed by atoms with Crippen LogP contribution < -0.4 is 4.74 Å². The van der Waals surface area contributed by atoms with Crippen LogP contribution in [0.4, 0.5) is 0 Å². The number of fused-ring (bicyclic) bond motifs is 1. The molecule has 0 aromatic heterocycles. The summed E-state index contributed by atoms with van der Waals surface area (Å²) in [5.74, 6) is 0.977. The average Bonchev–Trinajstić information content (AvgIpc) is 2.46. The molecule has 0 fully saturated rings. The van der Waals surface area contributed by atoms with E-state index >= 15 is 0 Å². The number of hydrogen-bond acceptors (Lipinski definition) is 3. The van der Waals surface area contributed by atoms with E-state index in [-0.39, 0.29) is 12.4 Å². The molecule has 0 aliphatic heterocycles. The maximum absolute atomic E-state index is 11.5. The molecule has 0 radical (unpaired) electrons. The predicted octanol–water partition coefficient (Wildman–Crippen LogP) is 3.69. The molecular formula is C17H20O3. The van der Waals surface area contributed by atoms with Crippen molar-refractivity contribution in [1.29, 1.82) is 0 Å². The molecule has 106 valence electrons. The highest BCUT2D eigenvalue weighted by atomic mass is 16.5. The molecule has 0 amide bonds. The van der Waals surface area contributed by atoms with Crippen molar-refractivity contribution in [3.8, 4) is 5.75 Å². The van der Waals surface area contributed by atoms with Gasteiger partial charge in [-0.2, -0.15) is 0 Å². The predicted molar refractivity (Wildman–Crippen MR) is 80.3 cm³/mol. The molecule has 2 rings (SSSR count). The third-order valence-electron chi connectivity index (χ3n) is 3.51. The van der Waals surface area contributed by atoms with Gasteiger partial charge in [-0.15, -0.1) is 0 Å². The van der Waals surface area contributed by atoms with Crippen molar-refractivity contribution >= 4 is 16.7 Å². The molecule has 0 unspecified atom stereocenters. The first-order chi connectivity index (χ1) is 9.56. The van der Waals surface area contributed by atoms with E-state index in [9.17, 15) is 4.79 Å². The van der Waals surface area contributed by atoms with Crippen molar-refractivity contribution in [2.24, 2.45) is 0 Å². The second-order valence-electron chi connectivity index (χ2n) is 5.15. The lowest BCUT2D eigenvalue weighted by molar-refractivity contribution is -0.139. The maximum Gasteiger partial charge on any atom is 0.310 e. The summed E-state index contributed by atoms with van der Waals surface area (Å²) in [6.45, 7) is 4.34. The van der Waals surface area contributed by atoms with Crippen LogP contribution in [0.2, 0.25) is 0 Å². The Kier molecular flexibility index (Phi) is 4.28. The summed E-state index contributed by atoms with van der Waals surface area (Å²) >= 11 is 0. The third kappa shape index (κ3) is 2.77. The van der Waals surface area contributed by atoms with Gasteiger partial charge in [-0.3, -0.25) is 4.79 Å². The van der Waals surface area contributed by atoms with Crippen molar-refractivity contribution < 1.29 is 14.3 Å². The molecule has 0 heterocycles. The van der Waals surface area contributed by atoms with Crippen LogP contribution in [-0.4, -0.2) is 20.2 Å². The summed E-state index contributed by atoms with van der Waals surface area (Å²) < 4.78 is 10.2. The van der Waals surface area contributed by atoms with Crippen molar-refractivity contribution in [3.63, 3.8) is 0 Å². The molecule has 3 heteroatoms. The average molecular weight is 272 g/mol. The lowest BCUT2D eigenvalue weighted by Gasteiger charge is -2.13. The number of ether oxygens (including phenoxy) is 2. The van der Waals surface area contributed by atoms with Crippen LogP contribution in [0.1, 0.15) is 30.9 Å². The number of rotatable bonds is 4. The Morgan fingerprint density at radius 3 is 2.50 bits per heavy atom. The Morgan fingerprint density at radius 2 is 1.90 bits per heavy atom. The van der Waals surface area contributed by atoms with E-state index in [2.05, 4.69) is 32.0 Å². The smallest absolute Gasteiger partial charge is 0.310 e. The van der Waals surface area contributed by atoms with Gasteiger partial charge in [0.2, 0.25) is 0 Å². The SMILES string of the molecule is COC(=O)Cc1ccc2cc(C(C)C)ccc2c1OC. The van der Waals surface area contributed by atoms with Crippen LogP contribution in [0.3, 0.4) is 0 Å². The van der Waals surface area contributed by atoms with E-state index in [0.717, 1.165) is 22.1 Å². The van der Waals surface area contributed by atoms with E-state index in [0.29, 0.717) is 5.92 Å². The number of carbonyl (C=O) groups excluding carboxylic acids is 1. The fourth-order valence-electron chi connectivity index (χ4n) is 2.33. The third-order valence-corrected chi connectivity index (χ3v) is 3.51. The molecule has 2 aromatic rings. The Balaban J connectivity index is 2.53. The number of methoxy groups -OCH3 is 2.